The van der Waals surface area contributed by atoms with Crippen molar-refractivity contribution in [1.82, 2.24) is 0 Å². The molecule has 0 radical (unpaired) electrons. The molecule has 2 nitrogen and oxygen atoms in total. The molecule has 1 saturated carbocycles. The molecule has 1 saturated heterocycles. The molecule has 0 aromatic heterocycles. The second-order valence-corrected chi connectivity index (χ2v) is 12.7. The topological polar surface area (TPSA) is 18.5 Å². The molecule has 0 bridgehead atoms. The monoisotopic (exact) mass is 568 g/mol. The van der Waals surface area contributed by atoms with Crippen LogP contribution in [0.4, 0.5) is 8.78 Å². The lowest BCUT2D eigenvalue weighted by Gasteiger charge is -2.31. The molecule has 1 aliphatic carbocycles. The molecule has 228 valence electrons. The first-order valence-electron chi connectivity index (χ1n) is 16.9. The molecule has 41 heavy (non-hydrogen) atoms. The standard InChI is InChI=1S/C37H54F2O2/c1-3-5-7-9-10-11-13-15-32-24-25-34(36(39)35(32)38)37-40-26-33(27-41-37)31-22-20-30(21-23-31)29-18-16-28(17-19-29)14-12-8-6-4-2/h20-25,28-29,33,37H,3-19,26-27H2,1-2H3. The predicted molar refractivity (Wildman–Crippen MR) is 165 cm³/mol. The fraction of sp³-hybridized carbons (Fsp3) is 0.676. The lowest BCUT2D eigenvalue weighted by atomic mass is 9.77. The van der Waals surface area contributed by atoms with Gasteiger partial charge in [0.1, 0.15) is 0 Å². The van der Waals surface area contributed by atoms with Crippen molar-refractivity contribution in [3.05, 3.63) is 70.3 Å². The van der Waals surface area contributed by atoms with Crippen LogP contribution < -0.4 is 0 Å². The van der Waals surface area contributed by atoms with Crippen LogP contribution in [0.1, 0.15) is 157 Å². The number of ether oxygens (including phenoxy) is 2. The summed E-state index contributed by atoms with van der Waals surface area (Å²) in [6.45, 7) is 5.37. The highest BCUT2D eigenvalue weighted by Crippen LogP contribution is 2.39. The minimum absolute atomic E-state index is 0.101. The van der Waals surface area contributed by atoms with Gasteiger partial charge in [-0.05, 0) is 67.1 Å². The highest BCUT2D eigenvalue weighted by Gasteiger charge is 2.29. The molecule has 1 heterocycles. The Labute approximate surface area is 248 Å². The van der Waals surface area contributed by atoms with Crippen molar-refractivity contribution in [3.8, 4) is 0 Å². The maximum Gasteiger partial charge on any atom is 0.186 e. The van der Waals surface area contributed by atoms with Crippen LogP contribution in [0.3, 0.4) is 0 Å². The number of unbranched alkanes of at least 4 members (excludes halogenated alkanes) is 9. The first-order chi connectivity index (χ1) is 20.1. The summed E-state index contributed by atoms with van der Waals surface area (Å²) in [4.78, 5) is 0. The molecule has 0 spiro atoms. The Morgan fingerprint density at radius 1 is 0.610 bits per heavy atom. The Hall–Kier alpha value is -1.78. The molecule has 2 aromatic carbocycles. The molecular formula is C37H54F2O2. The van der Waals surface area contributed by atoms with Gasteiger partial charge in [-0.1, -0.05) is 121 Å². The highest BCUT2D eigenvalue weighted by atomic mass is 19.2. The maximum absolute atomic E-state index is 15.0. The van der Waals surface area contributed by atoms with Crippen LogP contribution in [0.15, 0.2) is 36.4 Å². The molecule has 0 atom stereocenters. The van der Waals surface area contributed by atoms with Gasteiger partial charge in [-0.3, -0.25) is 0 Å². The van der Waals surface area contributed by atoms with Gasteiger partial charge in [0.25, 0.3) is 0 Å². The van der Waals surface area contributed by atoms with Crippen molar-refractivity contribution in [2.24, 2.45) is 5.92 Å². The average molecular weight is 569 g/mol. The van der Waals surface area contributed by atoms with E-state index in [2.05, 4.69) is 38.1 Å². The molecule has 0 N–H and O–H groups in total. The fourth-order valence-corrected chi connectivity index (χ4v) is 6.81. The van der Waals surface area contributed by atoms with E-state index in [4.69, 9.17) is 9.47 Å². The van der Waals surface area contributed by atoms with Crippen molar-refractivity contribution in [2.75, 3.05) is 13.2 Å². The Morgan fingerprint density at radius 2 is 1.17 bits per heavy atom. The molecule has 1 aliphatic heterocycles. The molecule has 2 aromatic rings. The highest BCUT2D eigenvalue weighted by molar-refractivity contribution is 5.30. The van der Waals surface area contributed by atoms with E-state index >= 15 is 0 Å². The Bertz CT molecular complexity index is 1000. The van der Waals surface area contributed by atoms with Gasteiger partial charge in [-0.2, -0.15) is 0 Å². The van der Waals surface area contributed by atoms with Gasteiger partial charge in [0.05, 0.1) is 13.2 Å². The molecule has 0 amide bonds. The van der Waals surface area contributed by atoms with Crippen molar-refractivity contribution >= 4 is 0 Å². The molecule has 4 rings (SSSR count). The van der Waals surface area contributed by atoms with Crippen molar-refractivity contribution in [2.45, 2.75) is 141 Å². The zero-order chi connectivity index (χ0) is 28.9. The zero-order valence-electron chi connectivity index (χ0n) is 25.8. The third kappa shape index (κ3) is 9.61. The van der Waals surface area contributed by atoms with Crippen molar-refractivity contribution in [1.29, 1.82) is 0 Å². The SMILES string of the molecule is CCCCCCCCCc1ccc(C2OCC(c3ccc(C4CCC(CCCCCC)CC4)cc3)CO2)c(F)c1F. The van der Waals surface area contributed by atoms with E-state index in [-0.39, 0.29) is 11.5 Å². The zero-order valence-corrected chi connectivity index (χ0v) is 25.8. The number of benzene rings is 2. The predicted octanol–water partition coefficient (Wildman–Crippen LogP) is 11.3. The summed E-state index contributed by atoms with van der Waals surface area (Å²) in [5.74, 6) is 0.124. The van der Waals surface area contributed by atoms with Crippen LogP contribution in [0.5, 0.6) is 0 Å². The summed E-state index contributed by atoms with van der Waals surface area (Å²) in [6.07, 6.45) is 20.1. The summed E-state index contributed by atoms with van der Waals surface area (Å²) in [7, 11) is 0. The van der Waals surface area contributed by atoms with Crippen LogP contribution in [0.2, 0.25) is 0 Å². The normalized spacial score (nSPS) is 23.1. The van der Waals surface area contributed by atoms with Gasteiger partial charge in [-0.15, -0.1) is 0 Å². The third-order valence-electron chi connectivity index (χ3n) is 9.59. The largest absolute Gasteiger partial charge is 0.348 e. The molecule has 0 unspecified atom stereocenters. The van der Waals surface area contributed by atoms with E-state index in [1.807, 2.05) is 0 Å². The maximum atomic E-state index is 15.0. The van der Waals surface area contributed by atoms with E-state index in [0.717, 1.165) is 25.2 Å². The van der Waals surface area contributed by atoms with E-state index in [9.17, 15) is 8.78 Å². The summed E-state index contributed by atoms with van der Waals surface area (Å²) in [5, 5.41) is 0. The van der Waals surface area contributed by atoms with E-state index < -0.39 is 17.9 Å². The fourth-order valence-electron chi connectivity index (χ4n) is 6.81. The number of hydrogen-bond acceptors (Lipinski definition) is 2. The minimum Gasteiger partial charge on any atom is -0.348 e. The second-order valence-electron chi connectivity index (χ2n) is 12.7. The summed E-state index contributed by atoms with van der Waals surface area (Å²) in [5.41, 5.74) is 3.26. The molecule has 2 aliphatic rings. The van der Waals surface area contributed by atoms with Crippen LogP contribution in [0.25, 0.3) is 0 Å². The minimum atomic E-state index is -0.857. The van der Waals surface area contributed by atoms with Crippen LogP contribution in [-0.4, -0.2) is 13.2 Å². The van der Waals surface area contributed by atoms with Gasteiger partial charge < -0.3 is 9.47 Å². The average Bonchev–Trinajstić information content (AvgIpc) is 3.01. The number of rotatable bonds is 16. The summed E-state index contributed by atoms with van der Waals surface area (Å²) < 4.78 is 41.7. The summed E-state index contributed by atoms with van der Waals surface area (Å²) in [6, 6.07) is 12.3. The van der Waals surface area contributed by atoms with Crippen molar-refractivity contribution < 1.29 is 18.3 Å². The van der Waals surface area contributed by atoms with Gasteiger partial charge in [0.15, 0.2) is 17.9 Å². The molecular weight excluding hydrogens is 514 g/mol. The smallest absolute Gasteiger partial charge is 0.186 e. The Kier molecular flexibility index (Phi) is 13.6. The number of halogens is 2. The van der Waals surface area contributed by atoms with Crippen LogP contribution in [0, 0.1) is 17.6 Å². The first-order valence-corrected chi connectivity index (χ1v) is 16.9. The first kappa shape index (κ1) is 32.1. The Balaban J connectivity index is 1.20. The molecule has 2 fully saturated rings. The van der Waals surface area contributed by atoms with Gasteiger partial charge >= 0.3 is 0 Å². The van der Waals surface area contributed by atoms with Gasteiger partial charge in [0.2, 0.25) is 0 Å². The third-order valence-corrected chi connectivity index (χ3v) is 9.59. The summed E-state index contributed by atoms with van der Waals surface area (Å²) >= 11 is 0. The lowest BCUT2D eigenvalue weighted by molar-refractivity contribution is -0.193. The van der Waals surface area contributed by atoms with Crippen LogP contribution >= 0.6 is 0 Å². The lowest BCUT2D eigenvalue weighted by Crippen LogP contribution is -2.26. The second kappa shape index (κ2) is 17.4. The van der Waals surface area contributed by atoms with Crippen LogP contribution in [-0.2, 0) is 15.9 Å². The molecule has 4 heteroatoms. The van der Waals surface area contributed by atoms with E-state index in [1.165, 1.54) is 94.6 Å². The Morgan fingerprint density at radius 3 is 1.80 bits per heavy atom. The van der Waals surface area contributed by atoms with Gasteiger partial charge in [-0.25, -0.2) is 8.78 Å². The van der Waals surface area contributed by atoms with Gasteiger partial charge in [0, 0.05) is 11.5 Å². The van der Waals surface area contributed by atoms with E-state index in [1.54, 1.807) is 12.1 Å². The number of aryl methyl sites for hydroxylation is 1. The van der Waals surface area contributed by atoms with Crippen molar-refractivity contribution in [3.63, 3.8) is 0 Å². The number of hydrogen-bond donors (Lipinski definition) is 0. The quantitative estimate of drug-likeness (QED) is 0.188. The van der Waals surface area contributed by atoms with E-state index in [0.29, 0.717) is 31.1 Å².